The number of carbonyl (C=O) groups excluding carboxylic acids is 1. The summed E-state index contributed by atoms with van der Waals surface area (Å²) in [6.45, 7) is 13.4. The predicted molar refractivity (Wildman–Crippen MR) is 89.8 cm³/mol. The van der Waals surface area contributed by atoms with Crippen molar-refractivity contribution >= 4 is 11.8 Å². The molecule has 122 valence electrons. The zero-order chi connectivity index (χ0) is 17.4. The second-order valence-electron chi connectivity index (χ2n) is 3.42. The Morgan fingerprint density at radius 3 is 1.67 bits per heavy atom. The second-order valence-corrected chi connectivity index (χ2v) is 3.42. The largest absolute Gasteiger partial charge is 0.478 e. The average Bonchev–Trinajstić information content (AvgIpc) is 2.53. The summed E-state index contributed by atoms with van der Waals surface area (Å²) in [6.07, 6.45) is 0.440. The van der Waals surface area contributed by atoms with Gasteiger partial charge in [-0.1, -0.05) is 53.7 Å². The quantitative estimate of drug-likeness (QED) is 0.882. The first-order valence-electron chi connectivity index (χ1n) is 7.59. The van der Waals surface area contributed by atoms with E-state index in [9.17, 15) is 9.59 Å². The highest BCUT2D eigenvalue weighted by atomic mass is 16.4. The summed E-state index contributed by atoms with van der Waals surface area (Å²) in [6, 6.07) is 5.84. The second kappa shape index (κ2) is 16.4. The summed E-state index contributed by atoms with van der Waals surface area (Å²) >= 11 is 0. The van der Waals surface area contributed by atoms with Crippen LogP contribution in [0.25, 0.3) is 0 Å². The van der Waals surface area contributed by atoms with Gasteiger partial charge in [0.1, 0.15) is 5.78 Å². The summed E-state index contributed by atoms with van der Waals surface area (Å²) < 4.78 is 0. The molecular weight excluding hydrogens is 266 g/mol. The van der Waals surface area contributed by atoms with Crippen molar-refractivity contribution in [2.45, 2.75) is 60.9 Å². The lowest BCUT2D eigenvalue weighted by atomic mass is 10.0. The Morgan fingerprint density at radius 2 is 1.38 bits per heavy atom. The van der Waals surface area contributed by atoms with Crippen molar-refractivity contribution in [2.24, 2.45) is 5.73 Å². The summed E-state index contributed by atoms with van der Waals surface area (Å²) in [4.78, 5) is 21.5. The van der Waals surface area contributed by atoms with E-state index in [1.807, 2.05) is 41.5 Å². The highest BCUT2D eigenvalue weighted by molar-refractivity contribution is 5.87. The van der Waals surface area contributed by atoms with Crippen LogP contribution in [0.15, 0.2) is 24.3 Å². The molecule has 1 atom stereocenters. The Kier molecular flexibility index (Phi) is 19.0. The summed E-state index contributed by atoms with van der Waals surface area (Å²) in [5.41, 5.74) is 6.68. The lowest BCUT2D eigenvalue weighted by molar-refractivity contribution is -0.118. The third kappa shape index (κ3) is 11.8. The summed E-state index contributed by atoms with van der Waals surface area (Å²) in [5.74, 6) is -1.03. The van der Waals surface area contributed by atoms with Gasteiger partial charge in [0.15, 0.2) is 0 Å². The van der Waals surface area contributed by atoms with Crippen LogP contribution in [-0.2, 0) is 11.2 Å². The number of carboxylic acids is 1. The molecule has 1 aromatic rings. The molecule has 0 saturated carbocycles. The van der Waals surface area contributed by atoms with Gasteiger partial charge in [0.25, 0.3) is 0 Å². The van der Waals surface area contributed by atoms with Gasteiger partial charge in [-0.3, -0.25) is 4.79 Å². The van der Waals surface area contributed by atoms with Gasteiger partial charge in [-0.15, -0.1) is 0 Å². The molecule has 1 aromatic carbocycles. The summed E-state index contributed by atoms with van der Waals surface area (Å²) in [5, 5.41) is 8.67. The number of ketones is 1. The number of hydrogen-bond acceptors (Lipinski definition) is 3. The Balaban J connectivity index is -0.000000478. The Hall–Kier alpha value is -1.68. The van der Waals surface area contributed by atoms with Gasteiger partial charge >= 0.3 is 5.97 Å². The molecular formula is C17H31NO3. The number of benzene rings is 1. The topological polar surface area (TPSA) is 80.4 Å². The molecule has 0 heterocycles. The van der Waals surface area contributed by atoms with Crippen LogP contribution in [-0.4, -0.2) is 22.9 Å². The third-order valence-electron chi connectivity index (χ3n) is 2.18. The Labute approximate surface area is 129 Å². The zero-order valence-corrected chi connectivity index (χ0v) is 14.4. The van der Waals surface area contributed by atoms with E-state index >= 15 is 0 Å². The first kappa shape index (κ1) is 24.3. The van der Waals surface area contributed by atoms with E-state index < -0.39 is 12.0 Å². The number of carboxylic acid groups (broad SMARTS) is 1. The zero-order valence-electron chi connectivity index (χ0n) is 14.4. The van der Waals surface area contributed by atoms with Crippen molar-refractivity contribution in [3.63, 3.8) is 0 Å². The van der Waals surface area contributed by atoms with Crippen LogP contribution >= 0.6 is 0 Å². The van der Waals surface area contributed by atoms with Crippen LogP contribution in [0.5, 0.6) is 0 Å². The van der Waals surface area contributed by atoms with Crippen molar-refractivity contribution in [3.05, 3.63) is 35.4 Å². The molecule has 3 N–H and O–H groups in total. The minimum Gasteiger partial charge on any atom is -0.478 e. The summed E-state index contributed by atoms with van der Waals surface area (Å²) in [7, 11) is 0. The van der Waals surface area contributed by atoms with E-state index in [1.165, 1.54) is 19.1 Å². The molecule has 4 nitrogen and oxygen atoms in total. The molecule has 0 fully saturated rings. The number of hydrogen-bond donors (Lipinski definition) is 2. The van der Waals surface area contributed by atoms with Gasteiger partial charge in [0.2, 0.25) is 0 Å². The smallest absolute Gasteiger partial charge is 0.335 e. The SMILES string of the molecule is CC.CC.CC.CC(=O)C(N)Cc1ccc(C(=O)O)cc1. The van der Waals surface area contributed by atoms with E-state index in [1.54, 1.807) is 12.1 Å². The fraction of sp³-hybridized carbons (Fsp3) is 0.529. The molecule has 0 aliphatic carbocycles. The fourth-order valence-corrected chi connectivity index (χ4v) is 1.18. The lowest BCUT2D eigenvalue weighted by Gasteiger charge is -2.07. The van der Waals surface area contributed by atoms with Crippen molar-refractivity contribution in [2.75, 3.05) is 0 Å². The third-order valence-corrected chi connectivity index (χ3v) is 2.18. The van der Waals surface area contributed by atoms with Gasteiger partial charge in [-0.25, -0.2) is 4.79 Å². The molecule has 4 heteroatoms. The number of carbonyl (C=O) groups is 2. The highest BCUT2D eigenvalue weighted by Gasteiger charge is 2.09. The van der Waals surface area contributed by atoms with Gasteiger partial charge < -0.3 is 10.8 Å². The number of rotatable bonds is 4. The van der Waals surface area contributed by atoms with Crippen LogP contribution in [0.2, 0.25) is 0 Å². The first-order chi connectivity index (χ1) is 10.0. The molecule has 0 saturated heterocycles. The lowest BCUT2D eigenvalue weighted by Crippen LogP contribution is -2.30. The van der Waals surface area contributed by atoms with Crippen LogP contribution in [0, 0.1) is 0 Å². The molecule has 0 spiro atoms. The molecule has 0 aliphatic rings. The average molecular weight is 297 g/mol. The van der Waals surface area contributed by atoms with Crippen LogP contribution in [0.1, 0.15) is 64.4 Å². The predicted octanol–water partition coefficient (Wildman–Crippen LogP) is 3.92. The van der Waals surface area contributed by atoms with Crippen molar-refractivity contribution < 1.29 is 14.7 Å². The van der Waals surface area contributed by atoms with Gasteiger partial charge in [-0.2, -0.15) is 0 Å². The van der Waals surface area contributed by atoms with Crippen molar-refractivity contribution in [1.82, 2.24) is 0 Å². The molecule has 21 heavy (non-hydrogen) atoms. The normalized spacial score (nSPS) is 9.52. The maximum atomic E-state index is 10.9. The fourth-order valence-electron chi connectivity index (χ4n) is 1.18. The monoisotopic (exact) mass is 297 g/mol. The minimum absolute atomic E-state index is 0.0719. The molecule has 0 radical (unpaired) electrons. The standard InChI is InChI=1S/C11H13NO3.3C2H6/c1-7(13)10(12)6-8-2-4-9(5-3-8)11(14)15;3*1-2/h2-5,10H,6,12H2,1H3,(H,14,15);3*1-2H3. The number of Topliss-reactive ketones (excluding diaryl/α,β-unsaturated/α-hetero) is 1. The number of nitrogens with two attached hydrogens (primary N) is 1. The van der Waals surface area contributed by atoms with E-state index in [4.69, 9.17) is 10.8 Å². The van der Waals surface area contributed by atoms with Crippen LogP contribution in [0.4, 0.5) is 0 Å². The van der Waals surface area contributed by atoms with Crippen LogP contribution in [0.3, 0.4) is 0 Å². The Morgan fingerprint density at radius 1 is 1.00 bits per heavy atom. The Bertz CT molecular complexity index is 372. The van der Waals surface area contributed by atoms with E-state index in [-0.39, 0.29) is 11.3 Å². The van der Waals surface area contributed by atoms with Crippen LogP contribution < -0.4 is 5.73 Å². The van der Waals surface area contributed by atoms with E-state index in [0.29, 0.717) is 6.42 Å². The molecule has 0 aromatic heterocycles. The highest BCUT2D eigenvalue weighted by Crippen LogP contribution is 2.06. The van der Waals surface area contributed by atoms with E-state index in [0.717, 1.165) is 5.56 Å². The van der Waals surface area contributed by atoms with E-state index in [2.05, 4.69) is 0 Å². The molecule has 0 amide bonds. The van der Waals surface area contributed by atoms with Gasteiger partial charge in [0.05, 0.1) is 11.6 Å². The molecule has 1 rings (SSSR count). The first-order valence-corrected chi connectivity index (χ1v) is 7.59. The minimum atomic E-state index is -0.961. The number of aromatic carboxylic acids is 1. The van der Waals surface area contributed by atoms with Crippen molar-refractivity contribution in [1.29, 1.82) is 0 Å². The molecule has 0 aliphatic heterocycles. The van der Waals surface area contributed by atoms with Gasteiger partial charge in [0, 0.05) is 0 Å². The van der Waals surface area contributed by atoms with Gasteiger partial charge in [-0.05, 0) is 31.0 Å². The maximum Gasteiger partial charge on any atom is 0.335 e. The maximum absolute atomic E-state index is 10.9. The van der Waals surface area contributed by atoms with Crippen molar-refractivity contribution in [3.8, 4) is 0 Å². The molecule has 0 bridgehead atoms. The molecule has 1 unspecified atom stereocenters.